The van der Waals surface area contributed by atoms with Crippen molar-refractivity contribution in [3.8, 4) is 0 Å². The van der Waals surface area contributed by atoms with Crippen molar-refractivity contribution in [1.82, 2.24) is 14.1 Å². The number of sulfonamides is 1. The average molecular weight is 471 g/mol. The van der Waals surface area contributed by atoms with Gasteiger partial charge in [-0.3, -0.25) is 9.59 Å². The molecule has 12 heteroatoms. The zero-order chi connectivity index (χ0) is 23.1. The van der Waals surface area contributed by atoms with Gasteiger partial charge in [-0.25, -0.2) is 8.42 Å². The summed E-state index contributed by atoms with van der Waals surface area (Å²) in [4.78, 5) is 26.0. The van der Waals surface area contributed by atoms with E-state index in [1.165, 1.54) is 33.7 Å². The van der Waals surface area contributed by atoms with E-state index in [0.29, 0.717) is 16.0 Å². The van der Waals surface area contributed by atoms with Crippen molar-refractivity contribution in [1.29, 1.82) is 0 Å². The highest BCUT2D eigenvalue weighted by Gasteiger charge is 2.43. The van der Waals surface area contributed by atoms with Gasteiger partial charge < -0.3 is 14.2 Å². The minimum atomic E-state index is -4.98. The molecule has 2 aromatic rings. The summed E-state index contributed by atoms with van der Waals surface area (Å²) in [7, 11) is -3.92. The topological polar surface area (TPSA) is 91.1 Å². The zero-order valence-corrected chi connectivity index (χ0v) is 17.7. The molecule has 172 valence electrons. The number of fused-ring (bicyclic) bond motifs is 1. The molecule has 2 amide bonds. The van der Waals surface area contributed by atoms with Crippen molar-refractivity contribution in [2.24, 2.45) is 0 Å². The third-order valence-corrected chi connectivity index (χ3v) is 7.51. The average Bonchev–Trinajstić information content (AvgIpc) is 3.31. The van der Waals surface area contributed by atoms with E-state index < -0.39 is 22.1 Å². The molecule has 0 bridgehead atoms. The number of furan rings is 1. The second-order valence-electron chi connectivity index (χ2n) is 7.58. The maximum Gasteiger partial charge on any atom is 0.471 e. The monoisotopic (exact) mass is 471 g/mol. The van der Waals surface area contributed by atoms with Gasteiger partial charge >= 0.3 is 12.1 Å². The highest BCUT2D eigenvalue weighted by molar-refractivity contribution is 7.89. The molecule has 1 saturated heterocycles. The quantitative estimate of drug-likeness (QED) is 0.682. The molecule has 0 spiro atoms. The van der Waals surface area contributed by atoms with Gasteiger partial charge in [0.2, 0.25) is 10.0 Å². The highest BCUT2D eigenvalue weighted by Crippen LogP contribution is 2.28. The molecule has 2 aliphatic heterocycles. The molecule has 0 N–H and O–H groups in total. The summed E-state index contributed by atoms with van der Waals surface area (Å²) in [6.45, 7) is 0.121. The largest absolute Gasteiger partial charge is 0.471 e. The molecule has 1 fully saturated rings. The summed E-state index contributed by atoms with van der Waals surface area (Å²) in [6.07, 6.45) is -3.38. The van der Waals surface area contributed by atoms with Crippen LogP contribution in [0.25, 0.3) is 0 Å². The molecule has 0 saturated carbocycles. The zero-order valence-electron chi connectivity index (χ0n) is 16.8. The van der Waals surface area contributed by atoms with Gasteiger partial charge in [-0.2, -0.15) is 17.5 Å². The van der Waals surface area contributed by atoms with E-state index >= 15 is 0 Å². The molecule has 8 nitrogen and oxygen atoms in total. The predicted molar refractivity (Wildman–Crippen MR) is 105 cm³/mol. The van der Waals surface area contributed by atoms with Crippen LogP contribution < -0.4 is 0 Å². The Bertz CT molecular complexity index is 1120. The van der Waals surface area contributed by atoms with Gasteiger partial charge in [0.15, 0.2) is 5.76 Å². The van der Waals surface area contributed by atoms with Crippen molar-refractivity contribution in [3.63, 3.8) is 0 Å². The van der Waals surface area contributed by atoms with E-state index in [-0.39, 0.29) is 62.3 Å². The Morgan fingerprint density at radius 2 is 1.66 bits per heavy atom. The fraction of sp³-hybridized carbons (Fsp3) is 0.400. The second kappa shape index (κ2) is 8.24. The SMILES string of the molecule is O=C(c1ccco1)N1CCN(S(=O)(=O)c2ccc3c(c2)CN(C(=O)C(F)(F)F)CC3)CC1. The van der Waals surface area contributed by atoms with Gasteiger partial charge in [0, 0.05) is 39.3 Å². The summed E-state index contributed by atoms with van der Waals surface area (Å²) < 4.78 is 70.8. The van der Waals surface area contributed by atoms with Crippen molar-refractivity contribution < 1.29 is 35.6 Å². The van der Waals surface area contributed by atoms with Crippen LogP contribution >= 0.6 is 0 Å². The number of halogens is 3. The van der Waals surface area contributed by atoms with Crippen LogP contribution in [0.5, 0.6) is 0 Å². The Balaban J connectivity index is 1.47. The van der Waals surface area contributed by atoms with Crippen LogP contribution in [0, 0.1) is 0 Å². The smallest absolute Gasteiger partial charge is 0.459 e. The number of piperazine rings is 1. The van der Waals surface area contributed by atoms with Gasteiger partial charge in [-0.1, -0.05) is 6.07 Å². The number of carbonyl (C=O) groups excluding carboxylic acids is 2. The Labute approximate surface area is 182 Å². The molecule has 1 aromatic heterocycles. The molecular weight excluding hydrogens is 451 g/mol. The Morgan fingerprint density at radius 1 is 0.938 bits per heavy atom. The lowest BCUT2D eigenvalue weighted by molar-refractivity contribution is -0.186. The molecular formula is C20H20F3N3O5S. The number of carbonyl (C=O) groups is 2. The van der Waals surface area contributed by atoms with E-state index in [9.17, 15) is 31.2 Å². The molecule has 0 radical (unpaired) electrons. The maximum atomic E-state index is 13.1. The Kier molecular flexibility index (Phi) is 5.76. The lowest BCUT2D eigenvalue weighted by atomic mass is 10.00. The summed E-state index contributed by atoms with van der Waals surface area (Å²) >= 11 is 0. The van der Waals surface area contributed by atoms with E-state index in [2.05, 4.69) is 0 Å². The first-order chi connectivity index (χ1) is 15.1. The number of benzene rings is 1. The molecule has 3 heterocycles. The lowest BCUT2D eigenvalue weighted by Gasteiger charge is -2.34. The molecule has 0 unspecified atom stereocenters. The van der Waals surface area contributed by atoms with Gasteiger partial charge in [-0.15, -0.1) is 0 Å². The standard InChI is InChI=1S/C20H20F3N3O5S/c21-20(22,23)19(28)25-6-5-14-3-4-16(12-15(14)13-25)32(29,30)26-9-7-24(8-10-26)18(27)17-2-1-11-31-17/h1-4,11-12H,5-10,13H2. The van der Waals surface area contributed by atoms with Crippen LogP contribution in [0.3, 0.4) is 0 Å². The minimum Gasteiger partial charge on any atom is -0.459 e. The number of nitrogens with zero attached hydrogens (tertiary/aromatic N) is 3. The van der Waals surface area contributed by atoms with Gasteiger partial charge in [0.05, 0.1) is 11.2 Å². The molecule has 32 heavy (non-hydrogen) atoms. The minimum absolute atomic E-state index is 0.0524. The lowest BCUT2D eigenvalue weighted by Crippen LogP contribution is -2.50. The van der Waals surface area contributed by atoms with Crippen molar-refractivity contribution in [2.75, 3.05) is 32.7 Å². The molecule has 0 atom stereocenters. The van der Waals surface area contributed by atoms with E-state index in [4.69, 9.17) is 4.42 Å². The fourth-order valence-corrected chi connectivity index (χ4v) is 5.36. The summed E-state index contributed by atoms with van der Waals surface area (Å²) in [6, 6.07) is 7.46. The molecule has 4 rings (SSSR count). The number of amides is 2. The van der Waals surface area contributed by atoms with Gasteiger partial charge in [0.25, 0.3) is 5.91 Å². The van der Waals surface area contributed by atoms with E-state index in [0.717, 1.165) is 0 Å². The van der Waals surface area contributed by atoms with Crippen LogP contribution in [0.15, 0.2) is 45.9 Å². The van der Waals surface area contributed by atoms with E-state index in [1.807, 2.05) is 0 Å². The molecule has 1 aromatic carbocycles. The fourth-order valence-electron chi connectivity index (χ4n) is 3.88. The van der Waals surface area contributed by atoms with Crippen molar-refractivity contribution in [3.05, 3.63) is 53.5 Å². The normalized spacial score (nSPS) is 17.8. The van der Waals surface area contributed by atoms with Crippen LogP contribution in [-0.2, 0) is 27.8 Å². The summed E-state index contributed by atoms with van der Waals surface area (Å²) in [5, 5.41) is 0. The third kappa shape index (κ3) is 4.24. The summed E-state index contributed by atoms with van der Waals surface area (Å²) in [5.41, 5.74) is 1.09. The number of hydrogen-bond acceptors (Lipinski definition) is 5. The molecule has 2 aliphatic rings. The number of rotatable bonds is 3. The van der Waals surface area contributed by atoms with Crippen LogP contribution in [0.1, 0.15) is 21.7 Å². The van der Waals surface area contributed by atoms with Crippen LogP contribution in [0.4, 0.5) is 13.2 Å². The molecule has 0 aliphatic carbocycles. The first kappa shape index (κ1) is 22.3. The highest BCUT2D eigenvalue weighted by atomic mass is 32.2. The first-order valence-electron chi connectivity index (χ1n) is 9.88. The van der Waals surface area contributed by atoms with Gasteiger partial charge in [0.1, 0.15) is 0 Å². The van der Waals surface area contributed by atoms with E-state index in [1.54, 1.807) is 12.1 Å². The van der Waals surface area contributed by atoms with Crippen molar-refractivity contribution >= 4 is 21.8 Å². The maximum absolute atomic E-state index is 13.1. The number of hydrogen-bond donors (Lipinski definition) is 0. The van der Waals surface area contributed by atoms with Crippen LogP contribution in [0.2, 0.25) is 0 Å². The first-order valence-corrected chi connectivity index (χ1v) is 11.3. The van der Waals surface area contributed by atoms with Crippen molar-refractivity contribution in [2.45, 2.75) is 24.0 Å². The van der Waals surface area contributed by atoms with Crippen LogP contribution in [-0.4, -0.2) is 73.2 Å². The number of alkyl halides is 3. The predicted octanol–water partition coefficient (Wildman–Crippen LogP) is 1.87. The van der Waals surface area contributed by atoms with Gasteiger partial charge in [-0.05, 0) is 41.8 Å². The second-order valence-corrected chi connectivity index (χ2v) is 9.52. The third-order valence-electron chi connectivity index (χ3n) is 5.62. The summed E-state index contributed by atoms with van der Waals surface area (Å²) in [5.74, 6) is -2.09. The Hall–Kier alpha value is -2.86. The Morgan fingerprint density at radius 3 is 2.28 bits per heavy atom.